The van der Waals surface area contributed by atoms with Gasteiger partial charge in [0.1, 0.15) is 0 Å². The summed E-state index contributed by atoms with van der Waals surface area (Å²) in [4.78, 5) is 2.30. The minimum absolute atomic E-state index is 0.0768. The van der Waals surface area contributed by atoms with E-state index in [1.54, 1.807) is 0 Å². The maximum Gasteiger partial charge on any atom is 0.151 e. The van der Waals surface area contributed by atoms with E-state index in [1.165, 1.54) is 0 Å². The molecule has 0 aromatic carbocycles. The summed E-state index contributed by atoms with van der Waals surface area (Å²) in [5.41, 5.74) is 0. The second-order valence-corrected chi connectivity index (χ2v) is 6.68. The van der Waals surface area contributed by atoms with Crippen molar-refractivity contribution in [1.82, 2.24) is 10.2 Å². The normalized spacial score (nSPS) is 29.6. The Hall–Kier alpha value is -0.570. The van der Waals surface area contributed by atoms with Gasteiger partial charge >= 0.3 is 0 Å². The van der Waals surface area contributed by atoms with Gasteiger partial charge < -0.3 is 5.32 Å². The Morgan fingerprint density at radius 3 is 2.69 bits per heavy atom. The van der Waals surface area contributed by atoms with E-state index in [1.807, 2.05) is 0 Å². The van der Waals surface area contributed by atoms with Crippen LogP contribution in [-0.4, -0.2) is 57.5 Å². The molecule has 2 fully saturated rings. The summed E-state index contributed by atoms with van der Waals surface area (Å²) in [5.74, 6) is 6.87. The number of nitrogens with one attached hydrogen (secondary N) is 1. The molecule has 2 aliphatic heterocycles. The van der Waals surface area contributed by atoms with Gasteiger partial charge in [0.15, 0.2) is 9.84 Å². The highest BCUT2D eigenvalue weighted by molar-refractivity contribution is 7.91. The molecule has 0 amide bonds. The van der Waals surface area contributed by atoms with Crippen molar-refractivity contribution in [2.24, 2.45) is 5.92 Å². The Bertz CT molecular complexity index is 388. The molecule has 0 spiro atoms. The van der Waals surface area contributed by atoms with Crippen LogP contribution in [0.4, 0.5) is 0 Å². The van der Waals surface area contributed by atoms with Crippen LogP contribution in [0.15, 0.2) is 0 Å². The Morgan fingerprint density at radius 1 is 1.31 bits per heavy atom. The first kappa shape index (κ1) is 11.9. The summed E-state index contributed by atoms with van der Waals surface area (Å²) < 4.78 is 22.4. The molecule has 2 saturated heterocycles. The third-order valence-corrected chi connectivity index (χ3v) is 4.82. The molecule has 1 unspecified atom stereocenters. The zero-order chi connectivity index (χ0) is 11.4. The molecule has 16 heavy (non-hydrogen) atoms. The van der Waals surface area contributed by atoms with Crippen molar-refractivity contribution in [2.75, 3.05) is 44.2 Å². The van der Waals surface area contributed by atoms with Crippen molar-refractivity contribution >= 4 is 9.84 Å². The average molecular weight is 242 g/mol. The van der Waals surface area contributed by atoms with Crippen LogP contribution in [0.2, 0.25) is 0 Å². The summed E-state index contributed by atoms with van der Waals surface area (Å²) in [6.07, 6.45) is 0.719. The number of sulfone groups is 1. The zero-order valence-electron chi connectivity index (χ0n) is 9.41. The molecular weight excluding hydrogens is 224 g/mol. The molecule has 1 atom stereocenters. The van der Waals surface area contributed by atoms with Gasteiger partial charge in [0, 0.05) is 32.1 Å². The maximum atomic E-state index is 11.2. The van der Waals surface area contributed by atoms with Crippen LogP contribution in [0.1, 0.15) is 6.42 Å². The Kier molecular flexibility index (Phi) is 3.85. The van der Waals surface area contributed by atoms with Gasteiger partial charge in [-0.3, -0.25) is 4.90 Å². The molecule has 2 aliphatic rings. The highest BCUT2D eigenvalue weighted by Crippen LogP contribution is 2.16. The third-order valence-electron chi connectivity index (χ3n) is 3.05. The van der Waals surface area contributed by atoms with Crippen molar-refractivity contribution in [3.05, 3.63) is 0 Å². The molecule has 0 aromatic heterocycles. The summed E-state index contributed by atoms with van der Waals surface area (Å²) in [5, 5.41) is 3.29. The van der Waals surface area contributed by atoms with Crippen LogP contribution in [0.3, 0.4) is 0 Å². The van der Waals surface area contributed by atoms with E-state index in [2.05, 4.69) is 22.1 Å². The van der Waals surface area contributed by atoms with Gasteiger partial charge in [-0.15, -0.1) is 0 Å². The fourth-order valence-electron chi connectivity index (χ4n) is 2.08. The predicted octanol–water partition coefficient (Wildman–Crippen LogP) is -0.670. The molecular formula is C11H18N2O2S. The SMILES string of the molecule is O=S1(=O)CCC(C#CCN2CCNCC2)C1. The van der Waals surface area contributed by atoms with Gasteiger partial charge in [0.25, 0.3) is 0 Å². The van der Waals surface area contributed by atoms with Gasteiger partial charge in [-0.25, -0.2) is 8.42 Å². The highest BCUT2D eigenvalue weighted by atomic mass is 32.2. The molecule has 0 saturated carbocycles. The third kappa shape index (κ3) is 3.48. The van der Waals surface area contributed by atoms with E-state index in [4.69, 9.17) is 0 Å². The topological polar surface area (TPSA) is 49.4 Å². The lowest BCUT2D eigenvalue weighted by Crippen LogP contribution is -2.43. The van der Waals surface area contributed by atoms with E-state index >= 15 is 0 Å². The standard InChI is InChI=1S/C11H18N2O2S/c14-16(15)9-3-11(10-16)2-1-6-13-7-4-12-5-8-13/h11-12H,3-10H2. The molecule has 1 N–H and O–H groups in total. The van der Waals surface area contributed by atoms with E-state index in [0.29, 0.717) is 5.75 Å². The van der Waals surface area contributed by atoms with E-state index in [0.717, 1.165) is 39.1 Å². The lowest BCUT2D eigenvalue weighted by molar-refractivity contribution is 0.268. The zero-order valence-corrected chi connectivity index (χ0v) is 10.2. The largest absolute Gasteiger partial charge is 0.314 e. The molecule has 2 heterocycles. The van der Waals surface area contributed by atoms with Crippen LogP contribution in [0, 0.1) is 17.8 Å². The van der Waals surface area contributed by atoms with Gasteiger partial charge in [-0.1, -0.05) is 11.8 Å². The van der Waals surface area contributed by atoms with Crippen molar-refractivity contribution in [3.8, 4) is 11.8 Å². The van der Waals surface area contributed by atoms with Gasteiger partial charge in [0.2, 0.25) is 0 Å². The Labute approximate surface area is 97.3 Å². The monoisotopic (exact) mass is 242 g/mol. The predicted molar refractivity (Wildman–Crippen MR) is 63.8 cm³/mol. The van der Waals surface area contributed by atoms with Crippen molar-refractivity contribution in [1.29, 1.82) is 0 Å². The lowest BCUT2D eigenvalue weighted by Gasteiger charge is -2.24. The number of rotatable bonds is 1. The average Bonchev–Trinajstić information content (AvgIpc) is 2.60. The summed E-state index contributed by atoms with van der Waals surface area (Å²) >= 11 is 0. The van der Waals surface area contributed by atoms with Crippen LogP contribution >= 0.6 is 0 Å². The van der Waals surface area contributed by atoms with E-state index in [9.17, 15) is 8.42 Å². The van der Waals surface area contributed by atoms with Gasteiger partial charge in [0.05, 0.1) is 18.1 Å². The van der Waals surface area contributed by atoms with Crippen molar-refractivity contribution in [2.45, 2.75) is 6.42 Å². The van der Waals surface area contributed by atoms with Crippen molar-refractivity contribution in [3.63, 3.8) is 0 Å². The minimum Gasteiger partial charge on any atom is -0.314 e. The first-order valence-electron chi connectivity index (χ1n) is 5.78. The number of hydrogen-bond acceptors (Lipinski definition) is 4. The molecule has 0 aromatic rings. The van der Waals surface area contributed by atoms with Crippen LogP contribution < -0.4 is 5.32 Å². The number of nitrogens with zero attached hydrogens (tertiary/aromatic N) is 1. The molecule has 90 valence electrons. The molecule has 0 bridgehead atoms. The fourth-order valence-corrected chi connectivity index (χ4v) is 3.75. The summed E-state index contributed by atoms with van der Waals surface area (Å²) in [6, 6.07) is 0. The Balaban J connectivity index is 1.77. The molecule has 2 rings (SSSR count). The molecule has 4 nitrogen and oxygen atoms in total. The summed E-state index contributed by atoms with van der Waals surface area (Å²) in [6.45, 7) is 4.91. The van der Waals surface area contributed by atoms with E-state index in [-0.39, 0.29) is 11.7 Å². The number of hydrogen-bond donors (Lipinski definition) is 1. The number of piperazine rings is 1. The summed E-state index contributed by atoms with van der Waals surface area (Å²) in [7, 11) is -2.78. The fraction of sp³-hybridized carbons (Fsp3) is 0.818. The van der Waals surface area contributed by atoms with Crippen molar-refractivity contribution < 1.29 is 8.42 Å². The Morgan fingerprint density at radius 2 is 2.06 bits per heavy atom. The lowest BCUT2D eigenvalue weighted by atomic mass is 10.1. The van der Waals surface area contributed by atoms with Gasteiger partial charge in [-0.05, 0) is 6.42 Å². The van der Waals surface area contributed by atoms with Gasteiger partial charge in [-0.2, -0.15) is 0 Å². The smallest absolute Gasteiger partial charge is 0.151 e. The molecule has 0 aliphatic carbocycles. The quantitative estimate of drug-likeness (QED) is 0.620. The second-order valence-electron chi connectivity index (χ2n) is 4.45. The van der Waals surface area contributed by atoms with Crippen LogP contribution in [0.5, 0.6) is 0 Å². The maximum absolute atomic E-state index is 11.2. The van der Waals surface area contributed by atoms with Crippen LogP contribution in [-0.2, 0) is 9.84 Å². The van der Waals surface area contributed by atoms with Crippen LogP contribution in [0.25, 0.3) is 0 Å². The van der Waals surface area contributed by atoms with E-state index < -0.39 is 9.84 Å². The first-order chi connectivity index (χ1) is 7.66. The second kappa shape index (κ2) is 5.17. The highest BCUT2D eigenvalue weighted by Gasteiger charge is 2.26. The first-order valence-corrected chi connectivity index (χ1v) is 7.60. The molecule has 0 radical (unpaired) electrons. The minimum atomic E-state index is -2.78. The molecule has 5 heteroatoms.